The molecule has 0 radical (unpaired) electrons. The fraction of sp³-hybridized carbons (Fsp3) is 0.850. The van der Waals surface area contributed by atoms with Gasteiger partial charge in [0, 0.05) is 6.42 Å². The molecular weight excluding hydrogens is 863 g/mol. The monoisotopic (exact) mass is 974 g/mol. The third-order valence-corrected chi connectivity index (χ3v) is 13.9. The second-order valence-electron chi connectivity index (χ2n) is 20.4. The fourth-order valence-electron chi connectivity index (χ4n) is 9.22. The molecule has 0 aromatic heterocycles. The number of hydrogen-bond donors (Lipinski definition) is 6. The number of carbonyl (C=O) groups excluding carboxylic acids is 1. The van der Waals surface area contributed by atoms with E-state index < -0.39 is 49.5 Å². The zero-order valence-corrected chi connectivity index (χ0v) is 44.8. The summed E-state index contributed by atoms with van der Waals surface area (Å²) in [7, 11) is 0. The molecule has 1 saturated heterocycles. The summed E-state index contributed by atoms with van der Waals surface area (Å²) in [4.78, 5) is 13.1. The molecule has 7 atom stereocenters. The lowest BCUT2D eigenvalue weighted by Crippen LogP contribution is -2.60. The molecule has 1 fully saturated rings. The third kappa shape index (κ3) is 39.4. The Morgan fingerprint density at radius 1 is 0.493 bits per heavy atom. The van der Waals surface area contributed by atoms with E-state index in [9.17, 15) is 30.3 Å². The molecule has 404 valence electrons. The van der Waals surface area contributed by atoms with E-state index in [-0.39, 0.29) is 12.5 Å². The molecule has 69 heavy (non-hydrogen) atoms. The molecule has 9 nitrogen and oxygen atoms in total. The van der Waals surface area contributed by atoms with Gasteiger partial charge in [-0.15, -0.1) is 0 Å². The number of aliphatic hydroxyl groups excluding tert-OH is 5. The average molecular weight is 975 g/mol. The van der Waals surface area contributed by atoms with Gasteiger partial charge in [-0.1, -0.05) is 255 Å². The highest BCUT2D eigenvalue weighted by Crippen LogP contribution is 2.23. The highest BCUT2D eigenvalue weighted by molar-refractivity contribution is 5.76. The van der Waals surface area contributed by atoms with Crippen LogP contribution in [0.15, 0.2) is 48.6 Å². The number of amides is 1. The van der Waals surface area contributed by atoms with Crippen molar-refractivity contribution in [3.05, 3.63) is 48.6 Å². The van der Waals surface area contributed by atoms with Crippen LogP contribution in [0.3, 0.4) is 0 Å². The number of allylic oxidation sites excluding steroid dienone is 7. The van der Waals surface area contributed by atoms with Crippen molar-refractivity contribution in [3.8, 4) is 0 Å². The number of carbonyl (C=O) groups is 1. The SMILES string of the molecule is CCCCCCC/C=C\C/C=C\C/C=C\CCCCCCCCC(=O)NC(COC1OC(CO)C(O)C(O)C1O)C(O)/C=C/CCCCCCCCCCCCCCCCCCCCCCCCC. The first-order chi connectivity index (χ1) is 33.8. The average Bonchev–Trinajstić information content (AvgIpc) is 3.35. The third-order valence-electron chi connectivity index (χ3n) is 13.9. The first kappa shape index (κ1) is 65.2. The Bertz CT molecular complexity index is 1220. The van der Waals surface area contributed by atoms with Crippen LogP contribution in [0, 0.1) is 0 Å². The van der Waals surface area contributed by atoms with Crippen molar-refractivity contribution in [2.24, 2.45) is 0 Å². The molecule has 0 aromatic rings. The smallest absolute Gasteiger partial charge is 0.220 e. The molecule has 0 aliphatic carbocycles. The number of rotatable bonds is 50. The molecule has 1 aliphatic heterocycles. The number of ether oxygens (including phenoxy) is 2. The lowest BCUT2D eigenvalue weighted by molar-refractivity contribution is -0.302. The van der Waals surface area contributed by atoms with E-state index in [1.165, 1.54) is 186 Å². The van der Waals surface area contributed by atoms with Crippen molar-refractivity contribution in [2.45, 2.75) is 314 Å². The largest absolute Gasteiger partial charge is 0.394 e. The lowest BCUT2D eigenvalue weighted by Gasteiger charge is -2.40. The minimum absolute atomic E-state index is 0.187. The van der Waals surface area contributed by atoms with Crippen LogP contribution < -0.4 is 5.32 Å². The van der Waals surface area contributed by atoms with E-state index in [1.54, 1.807) is 6.08 Å². The summed E-state index contributed by atoms with van der Waals surface area (Å²) in [5, 5.41) is 54.5. The van der Waals surface area contributed by atoms with Gasteiger partial charge in [-0.3, -0.25) is 4.79 Å². The maximum atomic E-state index is 13.1. The van der Waals surface area contributed by atoms with Gasteiger partial charge in [0.25, 0.3) is 0 Å². The Morgan fingerprint density at radius 3 is 1.26 bits per heavy atom. The molecule has 7 unspecified atom stereocenters. The van der Waals surface area contributed by atoms with Gasteiger partial charge in [-0.25, -0.2) is 0 Å². The number of unbranched alkanes of at least 4 members (excludes halogenated alkanes) is 34. The Morgan fingerprint density at radius 2 is 0.855 bits per heavy atom. The first-order valence-corrected chi connectivity index (χ1v) is 29.4. The molecule has 0 bridgehead atoms. The summed E-state index contributed by atoms with van der Waals surface area (Å²) in [6.45, 7) is 3.78. The topological polar surface area (TPSA) is 149 Å². The van der Waals surface area contributed by atoms with Crippen LogP contribution in [-0.4, -0.2) is 87.5 Å². The highest BCUT2D eigenvalue weighted by Gasteiger charge is 2.44. The zero-order valence-electron chi connectivity index (χ0n) is 44.8. The number of aliphatic hydroxyl groups is 5. The molecule has 1 aliphatic rings. The van der Waals surface area contributed by atoms with E-state index in [4.69, 9.17) is 9.47 Å². The van der Waals surface area contributed by atoms with E-state index in [2.05, 4.69) is 55.6 Å². The van der Waals surface area contributed by atoms with E-state index in [0.717, 1.165) is 64.2 Å². The van der Waals surface area contributed by atoms with Crippen LogP contribution in [0.4, 0.5) is 0 Å². The van der Waals surface area contributed by atoms with Crippen molar-refractivity contribution in [1.29, 1.82) is 0 Å². The van der Waals surface area contributed by atoms with Crippen LogP contribution in [0.1, 0.15) is 271 Å². The summed E-state index contributed by atoms with van der Waals surface area (Å²) in [5.74, 6) is -0.187. The summed E-state index contributed by atoms with van der Waals surface area (Å²) in [6.07, 6.45) is 58.9. The summed E-state index contributed by atoms with van der Waals surface area (Å²) in [5.41, 5.74) is 0. The van der Waals surface area contributed by atoms with Gasteiger partial charge >= 0.3 is 0 Å². The van der Waals surface area contributed by atoms with Crippen LogP contribution >= 0.6 is 0 Å². The van der Waals surface area contributed by atoms with Crippen molar-refractivity contribution < 1.29 is 39.8 Å². The van der Waals surface area contributed by atoms with Gasteiger partial charge in [0.1, 0.15) is 24.4 Å². The summed E-state index contributed by atoms with van der Waals surface area (Å²) >= 11 is 0. The summed E-state index contributed by atoms with van der Waals surface area (Å²) in [6, 6.07) is -0.814. The number of nitrogens with one attached hydrogen (secondary N) is 1. The lowest BCUT2D eigenvalue weighted by atomic mass is 9.99. The predicted molar refractivity (Wildman–Crippen MR) is 290 cm³/mol. The second-order valence-corrected chi connectivity index (χ2v) is 20.4. The van der Waals surface area contributed by atoms with Gasteiger partial charge in [-0.2, -0.15) is 0 Å². The number of hydrogen-bond acceptors (Lipinski definition) is 8. The van der Waals surface area contributed by atoms with Crippen LogP contribution in [0.5, 0.6) is 0 Å². The molecular formula is C60H111NO8. The van der Waals surface area contributed by atoms with Crippen LogP contribution in [0.25, 0.3) is 0 Å². The standard InChI is InChI=1S/C60H111NO8/c1-3-5-7-9-11-13-15-17-19-21-23-25-26-27-28-30-31-33-35-37-39-41-43-45-47-49-54(63)53(52-68-60-59(67)58(66)57(65)55(51-62)69-60)61-56(64)50-48-46-44-42-40-38-36-34-32-29-24-22-20-18-16-14-12-10-8-6-4-2/h16,18,22,24,32,34,47,49,53-55,57-60,62-63,65-67H,3-15,17,19-21,23,25-31,33,35-46,48,50-52H2,1-2H3,(H,61,64)/b18-16-,24-22-,34-32-,49-47+. The Balaban J connectivity index is 2.24. The first-order valence-electron chi connectivity index (χ1n) is 29.4. The Hall–Kier alpha value is -1.85. The predicted octanol–water partition coefficient (Wildman–Crippen LogP) is 14.5. The van der Waals surface area contributed by atoms with Gasteiger partial charge in [0.2, 0.25) is 5.91 Å². The molecule has 9 heteroatoms. The molecule has 6 N–H and O–H groups in total. The fourth-order valence-corrected chi connectivity index (χ4v) is 9.22. The molecule has 1 heterocycles. The van der Waals surface area contributed by atoms with Gasteiger partial charge < -0.3 is 40.3 Å². The maximum Gasteiger partial charge on any atom is 0.220 e. The van der Waals surface area contributed by atoms with Crippen molar-refractivity contribution in [1.82, 2.24) is 5.32 Å². The molecule has 0 spiro atoms. The highest BCUT2D eigenvalue weighted by atomic mass is 16.7. The minimum atomic E-state index is -1.57. The maximum absolute atomic E-state index is 13.1. The Kier molecular flexibility index (Phi) is 47.0. The van der Waals surface area contributed by atoms with Crippen molar-refractivity contribution in [3.63, 3.8) is 0 Å². The molecule has 0 saturated carbocycles. The van der Waals surface area contributed by atoms with E-state index in [1.807, 2.05) is 6.08 Å². The minimum Gasteiger partial charge on any atom is -0.394 e. The molecule has 1 rings (SSSR count). The zero-order chi connectivity index (χ0) is 50.1. The molecule has 1 amide bonds. The van der Waals surface area contributed by atoms with Crippen LogP contribution in [0.2, 0.25) is 0 Å². The van der Waals surface area contributed by atoms with E-state index >= 15 is 0 Å². The van der Waals surface area contributed by atoms with Crippen molar-refractivity contribution in [2.75, 3.05) is 13.2 Å². The Labute approximate surface area is 424 Å². The molecule has 0 aromatic carbocycles. The van der Waals surface area contributed by atoms with Gasteiger partial charge in [0.05, 0.1) is 25.4 Å². The van der Waals surface area contributed by atoms with Gasteiger partial charge in [0.15, 0.2) is 6.29 Å². The van der Waals surface area contributed by atoms with E-state index in [0.29, 0.717) is 6.42 Å². The normalized spacial score (nSPS) is 19.8. The van der Waals surface area contributed by atoms with Crippen molar-refractivity contribution >= 4 is 5.91 Å². The second kappa shape index (κ2) is 49.7. The summed E-state index contributed by atoms with van der Waals surface area (Å²) < 4.78 is 11.3. The van der Waals surface area contributed by atoms with Gasteiger partial charge in [-0.05, 0) is 57.8 Å². The quantitative estimate of drug-likeness (QED) is 0.0261. The van der Waals surface area contributed by atoms with Crippen LogP contribution in [-0.2, 0) is 14.3 Å².